The Morgan fingerprint density at radius 2 is 2.17 bits per heavy atom. The normalized spacial score (nSPS) is 15.0. The minimum atomic E-state index is -0.598. The number of aromatic nitrogens is 2. The zero-order chi connectivity index (χ0) is 16.1. The van der Waals surface area contributed by atoms with Crippen molar-refractivity contribution in [1.82, 2.24) is 10.2 Å². The monoisotopic (exact) mass is 348 g/mol. The number of hydrogen-bond acceptors (Lipinski definition) is 8. The molecule has 1 aliphatic carbocycles. The molecule has 1 unspecified atom stereocenters. The van der Waals surface area contributed by atoms with Gasteiger partial charge in [0.1, 0.15) is 12.4 Å². The van der Waals surface area contributed by atoms with E-state index in [1.165, 1.54) is 35.9 Å². The van der Waals surface area contributed by atoms with Crippen LogP contribution in [0.3, 0.4) is 0 Å². The first-order chi connectivity index (χ1) is 11.2. The van der Waals surface area contributed by atoms with E-state index in [-0.39, 0.29) is 6.61 Å². The summed E-state index contributed by atoms with van der Waals surface area (Å²) >= 11 is 2.98. The second kappa shape index (κ2) is 7.64. The van der Waals surface area contributed by atoms with Gasteiger partial charge in [0.05, 0.1) is 17.7 Å². The molecule has 1 heterocycles. The fraction of sp³-hybridized carbons (Fsp3) is 0.400. The van der Waals surface area contributed by atoms with E-state index < -0.39 is 6.10 Å². The number of hydrogen-bond donors (Lipinski definition) is 2. The summed E-state index contributed by atoms with van der Waals surface area (Å²) in [7, 11) is 0. The van der Waals surface area contributed by atoms with Crippen LogP contribution >= 0.6 is 23.1 Å². The van der Waals surface area contributed by atoms with Gasteiger partial charge in [0.2, 0.25) is 5.13 Å². The van der Waals surface area contributed by atoms with Crippen molar-refractivity contribution >= 4 is 28.2 Å². The highest BCUT2D eigenvalue weighted by molar-refractivity contribution is 8.01. The van der Waals surface area contributed by atoms with E-state index in [1.807, 2.05) is 6.07 Å². The molecule has 6 nitrogen and oxygen atoms in total. The van der Waals surface area contributed by atoms with Gasteiger partial charge in [-0.2, -0.15) is 5.26 Å². The number of ether oxygens (including phenoxy) is 1. The first-order valence-electron chi connectivity index (χ1n) is 7.27. The van der Waals surface area contributed by atoms with Crippen LogP contribution in [0, 0.1) is 11.3 Å². The Labute approximate surface area is 142 Å². The third kappa shape index (κ3) is 5.10. The van der Waals surface area contributed by atoms with Gasteiger partial charge in [-0.05, 0) is 37.1 Å². The quantitative estimate of drug-likeness (QED) is 0.708. The molecule has 0 radical (unpaired) electrons. The molecule has 2 N–H and O–H groups in total. The Hall–Kier alpha value is -1.82. The molecule has 0 amide bonds. The van der Waals surface area contributed by atoms with Crippen LogP contribution in [-0.2, 0) is 0 Å². The fourth-order valence-electron chi connectivity index (χ4n) is 1.76. The van der Waals surface area contributed by atoms with Crippen LogP contribution in [0.15, 0.2) is 28.6 Å². The lowest BCUT2D eigenvalue weighted by atomic mass is 10.2. The molecule has 1 fully saturated rings. The van der Waals surface area contributed by atoms with Crippen LogP contribution in [0.4, 0.5) is 5.13 Å². The molecule has 1 saturated carbocycles. The minimum absolute atomic E-state index is 0.199. The third-order valence-electron chi connectivity index (χ3n) is 3.14. The maximum atomic E-state index is 9.98. The van der Waals surface area contributed by atoms with Crippen molar-refractivity contribution in [2.24, 2.45) is 0 Å². The number of nitrogens with one attached hydrogen (secondary N) is 1. The topological polar surface area (TPSA) is 91.1 Å². The summed E-state index contributed by atoms with van der Waals surface area (Å²) < 4.78 is 6.34. The fourth-order valence-corrected chi connectivity index (χ4v) is 3.52. The highest BCUT2D eigenvalue weighted by Gasteiger charge is 2.22. The molecule has 120 valence electrons. The first-order valence-corrected chi connectivity index (χ1v) is 9.07. The third-order valence-corrected chi connectivity index (χ3v) is 5.27. The van der Waals surface area contributed by atoms with E-state index >= 15 is 0 Å². The lowest BCUT2D eigenvalue weighted by Crippen LogP contribution is -2.20. The van der Waals surface area contributed by atoms with Crippen molar-refractivity contribution in [1.29, 1.82) is 5.26 Å². The number of benzene rings is 1. The van der Waals surface area contributed by atoms with Crippen LogP contribution in [0.5, 0.6) is 5.75 Å². The van der Waals surface area contributed by atoms with Gasteiger partial charge in [0.25, 0.3) is 0 Å². The van der Waals surface area contributed by atoms with Crippen LogP contribution in [-0.4, -0.2) is 39.8 Å². The zero-order valence-corrected chi connectivity index (χ0v) is 13.9. The Kier molecular flexibility index (Phi) is 5.33. The van der Waals surface area contributed by atoms with Gasteiger partial charge >= 0.3 is 0 Å². The second-order valence-electron chi connectivity index (χ2n) is 5.20. The van der Waals surface area contributed by atoms with E-state index in [1.54, 1.807) is 24.3 Å². The molecule has 1 aromatic heterocycles. The van der Waals surface area contributed by atoms with Crippen LogP contribution in [0.25, 0.3) is 0 Å². The summed E-state index contributed by atoms with van der Waals surface area (Å²) in [6, 6.07) is 9.43. The minimum Gasteiger partial charge on any atom is -0.491 e. The summed E-state index contributed by atoms with van der Waals surface area (Å²) in [5, 5.41) is 31.0. The molecule has 0 bridgehead atoms. The van der Waals surface area contributed by atoms with Crippen LogP contribution in [0.2, 0.25) is 0 Å². The Morgan fingerprint density at radius 1 is 1.39 bits per heavy atom. The largest absolute Gasteiger partial charge is 0.491 e. The van der Waals surface area contributed by atoms with Crippen LogP contribution in [0.1, 0.15) is 18.4 Å². The Morgan fingerprint density at radius 3 is 2.87 bits per heavy atom. The summed E-state index contributed by atoms with van der Waals surface area (Å²) in [6.07, 6.45) is 1.81. The number of rotatable bonds is 8. The predicted molar refractivity (Wildman–Crippen MR) is 89.9 cm³/mol. The first kappa shape index (κ1) is 16.1. The highest BCUT2D eigenvalue weighted by atomic mass is 32.2. The zero-order valence-electron chi connectivity index (χ0n) is 12.3. The van der Waals surface area contributed by atoms with Crippen molar-refractivity contribution in [3.05, 3.63) is 29.8 Å². The maximum absolute atomic E-state index is 9.98. The molecule has 0 aliphatic heterocycles. The van der Waals surface area contributed by atoms with E-state index in [4.69, 9.17) is 10.00 Å². The molecular formula is C15H16N4O2S2. The van der Waals surface area contributed by atoms with Crippen molar-refractivity contribution in [3.8, 4) is 11.8 Å². The molecule has 1 aromatic carbocycles. The van der Waals surface area contributed by atoms with E-state index in [9.17, 15) is 5.11 Å². The summed E-state index contributed by atoms with van der Waals surface area (Å²) in [4.78, 5) is 0. The Balaban J connectivity index is 1.39. The molecule has 23 heavy (non-hydrogen) atoms. The van der Waals surface area contributed by atoms with Gasteiger partial charge in [-0.25, -0.2) is 0 Å². The number of nitrogens with zero attached hydrogens (tertiary/aromatic N) is 3. The molecule has 1 atom stereocenters. The summed E-state index contributed by atoms with van der Waals surface area (Å²) in [5.74, 6) is 1.13. The standard InChI is InChI=1S/C15H16N4O2S2/c16-7-10-1-5-13(6-2-10)21-8-12(20)9-22-15-19-18-14(23-15)17-11-3-4-11/h1-2,5-6,11-12,20H,3-4,8-9H2,(H,17,18). The number of aliphatic hydroxyl groups is 1. The predicted octanol–water partition coefficient (Wildman–Crippen LogP) is 2.52. The number of anilines is 1. The lowest BCUT2D eigenvalue weighted by Gasteiger charge is -2.11. The molecule has 3 rings (SSSR count). The van der Waals surface area contributed by atoms with Gasteiger partial charge in [0.15, 0.2) is 4.34 Å². The molecule has 1 aliphatic rings. The number of aliphatic hydroxyl groups excluding tert-OH is 1. The smallest absolute Gasteiger partial charge is 0.206 e. The van der Waals surface area contributed by atoms with Gasteiger partial charge in [0, 0.05) is 11.8 Å². The van der Waals surface area contributed by atoms with Gasteiger partial charge in [-0.1, -0.05) is 23.1 Å². The molecule has 8 heteroatoms. The average Bonchev–Trinajstić information content (AvgIpc) is 3.28. The highest BCUT2D eigenvalue weighted by Crippen LogP contribution is 2.30. The molecule has 2 aromatic rings. The van der Waals surface area contributed by atoms with Gasteiger partial charge in [-0.3, -0.25) is 0 Å². The average molecular weight is 348 g/mol. The number of thioether (sulfide) groups is 1. The molecule has 0 spiro atoms. The van der Waals surface area contributed by atoms with Gasteiger partial charge < -0.3 is 15.2 Å². The SMILES string of the molecule is N#Cc1ccc(OCC(O)CSc2nnc(NC3CC3)s2)cc1. The summed E-state index contributed by atoms with van der Waals surface area (Å²) in [6.45, 7) is 0.199. The molecule has 0 saturated heterocycles. The van der Waals surface area contributed by atoms with Crippen molar-refractivity contribution < 1.29 is 9.84 Å². The maximum Gasteiger partial charge on any atom is 0.206 e. The van der Waals surface area contributed by atoms with Crippen molar-refractivity contribution in [2.75, 3.05) is 17.7 Å². The Bertz CT molecular complexity index is 680. The van der Waals surface area contributed by atoms with Gasteiger partial charge in [-0.15, -0.1) is 10.2 Å². The van der Waals surface area contributed by atoms with Crippen molar-refractivity contribution in [3.63, 3.8) is 0 Å². The lowest BCUT2D eigenvalue weighted by molar-refractivity contribution is 0.126. The van der Waals surface area contributed by atoms with Crippen LogP contribution < -0.4 is 10.1 Å². The molecular weight excluding hydrogens is 332 g/mol. The van der Waals surface area contributed by atoms with E-state index in [0.717, 1.165) is 9.47 Å². The number of nitriles is 1. The van der Waals surface area contributed by atoms with E-state index in [0.29, 0.717) is 23.1 Å². The van der Waals surface area contributed by atoms with E-state index in [2.05, 4.69) is 15.5 Å². The van der Waals surface area contributed by atoms with Crippen molar-refractivity contribution in [2.45, 2.75) is 29.3 Å². The second-order valence-corrected chi connectivity index (χ2v) is 7.45. The summed E-state index contributed by atoms with van der Waals surface area (Å²) in [5.41, 5.74) is 0.584.